The van der Waals surface area contributed by atoms with Crippen LogP contribution in [0.4, 0.5) is 10.6 Å². The molecule has 1 fully saturated rings. The van der Waals surface area contributed by atoms with Gasteiger partial charge in [-0.1, -0.05) is 0 Å². The van der Waals surface area contributed by atoms with Crippen LogP contribution in [-0.2, 0) is 4.74 Å². The minimum Gasteiger partial charge on any atom is -0.446 e. The molecule has 1 saturated carbocycles. The summed E-state index contributed by atoms with van der Waals surface area (Å²) in [5, 5.41) is 8.25. The number of carbonyl (C=O) groups excluding carboxylic acids is 1. The maximum absolute atomic E-state index is 11.9. The smallest absolute Gasteiger partial charge is 0.407 e. The molecule has 8 nitrogen and oxygen atoms in total. The van der Waals surface area contributed by atoms with Crippen LogP contribution in [0.15, 0.2) is 6.33 Å². The molecule has 9 heteroatoms. The summed E-state index contributed by atoms with van der Waals surface area (Å²) in [5.74, 6) is 0.455. The zero-order chi connectivity index (χ0) is 18.2. The van der Waals surface area contributed by atoms with Crippen molar-refractivity contribution in [2.45, 2.75) is 64.1 Å². The van der Waals surface area contributed by atoms with E-state index >= 15 is 0 Å². The lowest BCUT2D eigenvalue weighted by molar-refractivity contribution is 0.0602. The van der Waals surface area contributed by atoms with Gasteiger partial charge in [0.15, 0.2) is 5.65 Å². The molecule has 1 amide bonds. The molecule has 0 aliphatic heterocycles. The minimum atomic E-state index is -0.351. The number of nitrogens with one attached hydrogen (secondary N) is 1. The van der Waals surface area contributed by atoms with Crippen LogP contribution in [0.2, 0.25) is 0 Å². The van der Waals surface area contributed by atoms with Gasteiger partial charge in [0.2, 0.25) is 0 Å². The lowest BCUT2D eigenvalue weighted by Crippen LogP contribution is -2.42. The van der Waals surface area contributed by atoms with Gasteiger partial charge in [-0.2, -0.15) is 5.10 Å². The highest BCUT2D eigenvalue weighted by atomic mass is 127. The van der Waals surface area contributed by atoms with Gasteiger partial charge in [-0.3, -0.25) is 0 Å². The standard InChI is InChI=1S/C16H23IN6O2/c1-16(2,3)21-15(24)25-10-6-4-9(5-7-10)23-14-11(12(17)22-23)13(18)19-8-20-14/h8-10H,4-7H2,1-3H3,(H,21,24)(H2,18,19,20). The van der Waals surface area contributed by atoms with Crippen molar-refractivity contribution in [2.24, 2.45) is 0 Å². The van der Waals surface area contributed by atoms with Gasteiger partial charge in [0.1, 0.15) is 21.9 Å². The number of ether oxygens (including phenoxy) is 1. The van der Waals surface area contributed by atoms with Crippen molar-refractivity contribution in [3.05, 3.63) is 10.0 Å². The molecule has 0 unspecified atom stereocenters. The van der Waals surface area contributed by atoms with Crippen molar-refractivity contribution in [3.8, 4) is 0 Å². The Morgan fingerprint density at radius 3 is 2.64 bits per heavy atom. The van der Waals surface area contributed by atoms with Crippen molar-refractivity contribution < 1.29 is 9.53 Å². The van der Waals surface area contributed by atoms with Gasteiger partial charge in [0, 0.05) is 5.54 Å². The first-order chi connectivity index (χ1) is 11.7. The summed E-state index contributed by atoms with van der Waals surface area (Å²) < 4.78 is 8.30. The molecular weight excluding hydrogens is 435 g/mol. The van der Waals surface area contributed by atoms with E-state index < -0.39 is 0 Å². The fourth-order valence-electron chi connectivity index (χ4n) is 3.10. The fourth-order valence-corrected chi connectivity index (χ4v) is 3.85. The van der Waals surface area contributed by atoms with E-state index in [1.165, 1.54) is 6.33 Å². The molecule has 2 aromatic rings. The Bertz CT molecular complexity index is 777. The Kier molecular flexibility index (Phi) is 5.03. The van der Waals surface area contributed by atoms with E-state index in [2.05, 4.69) is 43.0 Å². The summed E-state index contributed by atoms with van der Waals surface area (Å²) in [4.78, 5) is 20.3. The SMILES string of the molecule is CC(C)(C)NC(=O)OC1CCC(n2nc(I)c3c(N)ncnc32)CC1. The topological polar surface area (TPSA) is 108 Å². The van der Waals surface area contributed by atoms with Crippen LogP contribution in [-0.4, -0.2) is 37.5 Å². The molecule has 25 heavy (non-hydrogen) atoms. The average Bonchev–Trinajstić information content (AvgIpc) is 2.84. The molecule has 1 aliphatic rings. The molecule has 3 N–H and O–H groups in total. The normalized spacial score (nSPS) is 21.3. The number of alkyl carbamates (subject to hydrolysis) is 1. The number of anilines is 1. The van der Waals surface area contributed by atoms with Crippen LogP contribution in [0.25, 0.3) is 11.0 Å². The number of amides is 1. The number of nitrogens with zero attached hydrogens (tertiary/aromatic N) is 4. The molecule has 1 aliphatic carbocycles. The van der Waals surface area contributed by atoms with Crippen LogP contribution in [0.1, 0.15) is 52.5 Å². The Morgan fingerprint density at radius 2 is 2.00 bits per heavy atom. The summed E-state index contributed by atoms with van der Waals surface area (Å²) in [5.41, 5.74) is 6.43. The molecule has 2 heterocycles. The van der Waals surface area contributed by atoms with E-state index in [9.17, 15) is 4.79 Å². The van der Waals surface area contributed by atoms with Crippen molar-refractivity contribution in [2.75, 3.05) is 5.73 Å². The number of hydrogen-bond donors (Lipinski definition) is 2. The lowest BCUT2D eigenvalue weighted by Gasteiger charge is -2.29. The molecule has 0 aromatic carbocycles. The summed E-state index contributed by atoms with van der Waals surface area (Å²) >= 11 is 2.16. The van der Waals surface area contributed by atoms with Gasteiger partial charge in [-0.25, -0.2) is 19.4 Å². The molecule has 0 saturated heterocycles. The third-order valence-corrected chi connectivity index (χ3v) is 4.97. The minimum absolute atomic E-state index is 0.0563. The average molecular weight is 458 g/mol. The number of nitrogens with two attached hydrogens (primary N) is 1. The summed E-state index contributed by atoms with van der Waals surface area (Å²) in [6, 6.07) is 0.228. The molecule has 2 aromatic heterocycles. The largest absolute Gasteiger partial charge is 0.446 e. The Balaban J connectivity index is 1.65. The number of halogens is 1. The van der Waals surface area contributed by atoms with Crippen LogP contribution in [0.3, 0.4) is 0 Å². The van der Waals surface area contributed by atoms with Crippen LogP contribution in [0.5, 0.6) is 0 Å². The van der Waals surface area contributed by atoms with Gasteiger partial charge < -0.3 is 15.8 Å². The van der Waals surface area contributed by atoms with Gasteiger partial charge >= 0.3 is 6.09 Å². The number of fused-ring (bicyclic) bond motifs is 1. The third kappa shape index (κ3) is 4.13. The highest BCUT2D eigenvalue weighted by molar-refractivity contribution is 14.1. The van der Waals surface area contributed by atoms with E-state index in [1.54, 1.807) is 0 Å². The van der Waals surface area contributed by atoms with Gasteiger partial charge in [0.05, 0.1) is 11.4 Å². The maximum atomic E-state index is 11.9. The monoisotopic (exact) mass is 458 g/mol. The van der Waals surface area contributed by atoms with E-state index in [4.69, 9.17) is 10.5 Å². The predicted octanol–water partition coefficient (Wildman–Crippen LogP) is 3.02. The number of carbonyl (C=O) groups is 1. The molecule has 0 atom stereocenters. The first-order valence-electron chi connectivity index (χ1n) is 8.37. The second-order valence-electron chi connectivity index (χ2n) is 7.40. The van der Waals surface area contributed by atoms with Gasteiger partial charge in [-0.15, -0.1) is 0 Å². The van der Waals surface area contributed by atoms with Crippen LogP contribution < -0.4 is 11.1 Å². The van der Waals surface area contributed by atoms with Crippen molar-refractivity contribution in [1.82, 2.24) is 25.1 Å². The fraction of sp³-hybridized carbons (Fsp3) is 0.625. The quantitative estimate of drug-likeness (QED) is 0.670. The number of nitrogen functional groups attached to an aromatic ring is 1. The van der Waals surface area contributed by atoms with Crippen molar-refractivity contribution in [1.29, 1.82) is 0 Å². The Morgan fingerprint density at radius 1 is 1.32 bits per heavy atom. The predicted molar refractivity (Wildman–Crippen MR) is 103 cm³/mol. The first kappa shape index (κ1) is 18.2. The summed E-state index contributed by atoms with van der Waals surface area (Å²) in [7, 11) is 0. The van der Waals surface area contributed by atoms with E-state index in [0.29, 0.717) is 5.82 Å². The van der Waals surface area contributed by atoms with E-state index in [1.807, 2.05) is 25.5 Å². The van der Waals surface area contributed by atoms with E-state index in [0.717, 1.165) is 40.4 Å². The lowest BCUT2D eigenvalue weighted by atomic mass is 9.93. The Hall–Kier alpha value is -1.65. The Labute approximate surface area is 160 Å². The summed E-state index contributed by atoms with van der Waals surface area (Å²) in [6.45, 7) is 5.80. The van der Waals surface area contributed by atoms with Crippen molar-refractivity contribution >= 4 is 45.5 Å². The second kappa shape index (κ2) is 6.93. The maximum Gasteiger partial charge on any atom is 0.407 e. The van der Waals surface area contributed by atoms with E-state index in [-0.39, 0.29) is 23.8 Å². The van der Waals surface area contributed by atoms with Crippen LogP contribution in [0, 0.1) is 3.70 Å². The first-order valence-corrected chi connectivity index (χ1v) is 9.45. The second-order valence-corrected chi connectivity index (χ2v) is 8.43. The molecule has 3 rings (SSSR count). The highest BCUT2D eigenvalue weighted by Crippen LogP contribution is 2.33. The number of aromatic nitrogens is 4. The van der Waals surface area contributed by atoms with Gasteiger partial charge in [-0.05, 0) is 69.0 Å². The third-order valence-electron chi connectivity index (χ3n) is 4.22. The molecule has 136 valence electrons. The van der Waals surface area contributed by atoms with Crippen molar-refractivity contribution in [3.63, 3.8) is 0 Å². The highest BCUT2D eigenvalue weighted by Gasteiger charge is 2.28. The number of rotatable bonds is 2. The van der Waals surface area contributed by atoms with Crippen LogP contribution >= 0.6 is 22.6 Å². The molecule has 0 radical (unpaired) electrons. The molecular formula is C16H23IN6O2. The molecule has 0 spiro atoms. The summed E-state index contributed by atoms with van der Waals surface area (Å²) in [6.07, 6.45) is 4.43. The molecule has 0 bridgehead atoms. The zero-order valence-corrected chi connectivity index (χ0v) is 16.8. The zero-order valence-electron chi connectivity index (χ0n) is 14.6. The number of hydrogen-bond acceptors (Lipinski definition) is 6. The van der Waals surface area contributed by atoms with Gasteiger partial charge in [0.25, 0.3) is 0 Å².